The summed E-state index contributed by atoms with van der Waals surface area (Å²) in [5.41, 5.74) is 1.02. The molecule has 5 nitrogen and oxygen atoms in total. The molecule has 1 atom stereocenters. The standard InChI is InChI=1S/C14H23N5/c1-15-8-12-9-16-10-14(17-12)19-7-4-13(11-19)18-5-2-3-6-18/h9-10,13,15H,2-8,11H2,1H3. The molecule has 2 fully saturated rings. The second-order valence-corrected chi connectivity index (χ2v) is 5.53. The molecule has 3 heterocycles. The molecule has 2 saturated heterocycles. The zero-order chi connectivity index (χ0) is 13.1. The Kier molecular flexibility index (Phi) is 3.94. The second-order valence-electron chi connectivity index (χ2n) is 5.53. The molecule has 1 aromatic heterocycles. The smallest absolute Gasteiger partial charge is 0.147 e. The lowest BCUT2D eigenvalue weighted by Crippen LogP contribution is -2.35. The first kappa shape index (κ1) is 12.8. The molecule has 0 amide bonds. The quantitative estimate of drug-likeness (QED) is 0.871. The Morgan fingerprint density at radius 1 is 1.26 bits per heavy atom. The molecular weight excluding hydrogens is 238 g/mol. The van der Waals surface area contributed by atoms with E-state index in [0.29, 0.717) is 0 Å². The highest BCUT2D eigenvalue weighted by Crippen LogP contribution is 2.23. The van der Waals surface area contributed by atoms with E-state index in [1.54, 1.807) is 0 Å². The summed E-state index contributed by atoms with van der Waals surface area (Å²) in [7, 11) is 1.94. The number of rotatable bonds is 4. The van der Waals surface area contributed by atoms with Crippen LogP contribution in [0.25, 0.3) is 0 Å². The Hall–Kier alpha value is -1.20. The van der Waals surface area contributed by atoms with Crippen LogP contribution in [-0.2, 0) is 6.54 Å². The maximum absolute atomic E-state index is 4.69. The minimum Gasteiger partial charge on any atom is -0.354 e. The molecule has 2 aliphatic heterocycles. The number of aromatic nitrogens is 2. The molecule has 0 bridgehead atoms. The SMILES string of the molecule is CNCc1cncc(N2CCC(N3CCCC3)C2)n1. The third-order valence-corrected chi connectivity index (χ3v) is 4.17. The van der Waals surface area contributed by atoms with Crippen LogP contribution in [0.15, 0.2) is 12.4 Å². The first-order valence-electron chi connectivity index (χ1n) is 7.31. The molecule has 5 heteroatoms. The lowest BCUT2D eigenvalue weighted by molar-refractivity contribution is 0.260. The van der Waals surface area contributed by atoms with Gasteiger partial charge in [0.25, 0.3) is 0 Å². The Bertz CT molecular complexity index is 416. The van der Waals surface area contributed by atoms with Crippen molar-refractivity contribution in [2.24, 2.45) is 0 Å². The summed E-state index contributed by atoms with van der Waals surface area (Å²) in [6.07, 6.45) is 7.74. The van der Waals surface area contributed by atoms with Crippen molar-refractivity contribution in [2.45, 2.75) is 31.8 Å². The normalized spacial score (nSPS) is 24.3. The van der Waals surface area contributed by atoms with E-state index in [1.165, 1.54) is 32.4 Å². The number of anilines is 1. The minimum absolute atomic E-state index is 0.720. The van der Waals surface area contributed by atoms with Gasteiger partial charge in [-0.05, 0) is 39.4 Å². The predicted octanol–water partition coefficient (Wildman–Crippen LogP) is 0.870. The Morgan fingerprint density at radius 2 is 2.11 bits per heavy atom. The second kappa shape index (κ2) is 5.84. The van der Waals surface area contributed by atoms with Crippen LogP contribution in [0.1, 0.15) is 25.0 Å². The van der Waals surface area contributed by atoms with Crippen molar-refractivity contribution in [2.75, 3.05) is 38.1 Å². The van der Waals surface area contributed by atoms with Crippen LogP contribution in [0.2, 0.25) is 0 Å². The van der Waals surface area contributed by atoms with Crippen molar-refractivity contribution in [3.05, 3.63) is 18.1 Å². The monoisotopic (exact) mass is 261 g/mol. The van der Waals surface area contributed by atoms with Crippen molar-refractivity contribution >= 4 is 5.82 Å². The molecule has 0 aromatic carbocycles. The molecule has 1 aromatic rings. The van der Waals surface area contributed by atoms with Gasteiger partial charge in [-0.2, -0.15) is 0 Å². The topological polar surface area (TPSA) is 44.3 Å². The van der Waals surface area contributed by atoms with E-state index >= 15 is 0 Å². The van der Waals surface area contributed by atoms with E-state index in [2.05, 4.69) is 25.1 Å². The van der Waals surface area contributed by atoms with E-state index in [1.807, 2.05) is 19.4 Å². The van der Waals surface area contributed by atoms with Gasteiger partial charge in [0.15, 0.2) is 0 Å². The highest BCUT2D eigenvalue weighted by molar-refractivity contribution is 5.38. The number of hydrogen-bond acceptors (Lipinski definition) is 5. The summed E-state index contributed by atoms with van der Waals surface area (Å²) in [5, 5.41) is 3.13. The van der Waals surface area contributed by atoms with Gasteiger partial charge in [0, 0.05) is 31.9 Å². The molecular formula is C14H23N5. The number of nitrogens with one attached hydrogen (secondary N) is 1. The van der Waals surface area contributed by atoms with Crippen molar-refractivity contribution in [3.63, 3.8) is 0 Å². The van der Waals surface area contributed by atoms with Crippen LogP contribution < -0.4 is 10.2 Å². The third kappa shape index (κ3) is 2.87. The molecule has 3 rings (SSSR count). The fourth-order valence-corrected chi connectivity index (χ4v) is 3.17. The van der Waals surface area contributed by atoms with E-state index in [0.717, 1.165) is 37.2 Å². The largest absolute Gasteiger partial charge is 0.354 e. The first-order chi connectivity index (χ1) is 9.36. The summed E-state index contributed by atoms with van der Waals surface area (Å²) in [6.45, 7) is 5.56. The van der Waals surface area contributed by atoms with E-state index in [-0.39, 0.29) is 0 Å². The molecule has 104 valence electrons. The van der Waals surface area contributed by atoms with Crippen LogP contribution in [-0.4, -0.2) is 54.1 Å². The van der Waals surface area contributed by atoms with E-state index in [4.69, 9.17) is 0 Å². The highest BCUT2D eigenvalue weighted by atomic mass is 15.3. The van der Waals surface area contributed by atoms with Crippen LogP contribution in [0.3, 0.4) is 0 Å². The number of hydrogen-bond donors (Lipinski definition) is 1. The van der Waals surface area contributed by atoms with Gasteiger partial charge in [0.05, 0.1) is 11.9 Å². The van der Waals surface area contributed by atoms with E-state index < -0.39 is 0 Å². The van der Waals surface area contributed by atoms with Crippen LogP contribution in [0, 0.1) is 0 Å². The van der Waals surface area contributed by atoms with Crippen molar-refractivity contribution in [1.82, 2.24) is 20.2 Å². The van der Waals surface area contributed by atoms with Gasteiger partial charge in [-0.15, -0.1) is 0 Å². The Labute approximate surface area is 115 Å². The summed E-state index contributed by atoms with van der Waals surface area (Å²) in [4.78, 5) is 14.0. The molecule has 1 N–H and O–H groups in total. The summed E-state index contributed by atoms with van der Waals surface area (Å²) in [5.74, 6) is 1.04. The summed E-state index contributed by atoms with van der Waals surface area (Å²) in [6, 6.07) is 0.720. The molecule has 19 heavy (non-hydrogen) atoms. The predicted molar refractivity (Wildman–Crippen MR) is 76.2 cm³/mol. The van der Waals surface area contributed by atoms with Crippen molar-refractivity contribution in [3.8, 4) is 0 Å². The fourth-order valence-electron chi connectivity index (χ4n) is 3.17. The van der Waals surface area contributed by atoms with Gasteiger partial charge < -0.3 is 10.2 Å². The van der Waals surface area contributed by atoms with Gasteiger partial charge in [-0.25, -0.2) is 4.98 Å². The average molecular weight is 261 g/mol. The number of likely N-dealkylation sites (tertiary alicyclic amines) is 1. The summed E-state index contributed by atoms with van der Waals surface area (Å²) < 4.78 is 0. The Balaban J connectivity index is 1.65. The van der Waals surface area contributed by atoms with Crippen LogP contribution >= 0.6 is 0 Å². The van der Waals surface area contributed by atoms with Gasteiger partial charge in [0.2, 0.25) is 0 Å². The van der Waals surface area contributed by atoms with Gasteiger partial charge in [-0.3, -0.25) is 9.88 Å². The van der Waals surface area contributed by atoms with Crippen LogP contribution in [0.5, 0.6) is 0 Å². The van der Waals surface area contributed by atoms with Gasteiger partial charge in [0.1, 0.15) is 5.82 Å². The van der Waals surface area contributed by atoms with Gasteiger partial charge >= 0.3 is 0 Å². The summed E-state index contributed by atoms with van der Waals surface area (Å²) >= 11 is 0. The molecule has 0 radical (unpaired) electrons. The third-order valence-electron chi connectivity index (χ3n) is 4.17. The fraction of sp³-hybridized carbons (Fsp3) is 0.714. The molecule has 0 saturated carbocycles. The highest BCUT2D eigenvalue weighted by Gasteiger charge is 2.29. The zero-order valence-corrected chi connectivity index (χ0v) is 11.7. The average Bonchev–Trinajstić information content (AvgIpc) is 3.11. The van der Waals surface area contributed by atoms with Gasteiger partial charge in [-0.1, -0.05) is 0 Å². The lowest BCUT2D eigenvalue weighted by Gasteiger charge is -2.24. The zero-order valence-electron chi connectivity index (χ0n) is 11.7. The molecule has 0 aliphatic carbocycles. The lowest BCUT2D eigenvalue weighted by atomic mass is 10.2. The van der Waals surface area contributed by atoms with Crippen molar-refractivity contribution in [1.29, 1.82) is 0 Å². The molecule has 2 aliphatic rings. The Morgan fingerprint density at radius 3 is 2.89 bits per heavy atom. The van der Waals surface area contributed by atoms with Crippen molar-refractivity contribution < 1.29 is 0 Å². The first-order valence-corrected chi connectivity index (χ1v) is 7.31. The molecule has 1 unspecified atom stereocenters. The maximum Gasteiger partial charge on any atom is 0.147 e. The number of nitrogens with zero attached hydrogens (tertiary/aromatic N) is 4. The molecule has 0 spiro atoms. The minimum atomic E-state index is 0.720. The maximum atomic E-state index is 4.69. The van der Waals surface area contributed by atoms with E-state index in [9.17, 15) is 0 Å². The van der Waals surface area contributed by atoms with Crippen LogP contribution in [0.4, 0.5) is 5.82 Å².